The van der Waals surface area contributed by atoms with Crippen LogP contribution in [0.2, 0.25) is 0 Å². The molecule has 104 valence electrons. The number of methoxy groups -OCH3 is 1. The molecule has 0 saturated carbocycles. The molecule has 1 rings (SSSR count). The van der Waals surface area contributed by atoms with E-state index in [2.05, 4.69) is 4.74 Å². The van der Waals surface area contributed by atoms with Crippen LogP contribution < -0.4 is 0 Å². The zero-order valence-corrected chi connectivity index (χ0v) is 11.5. The highest BCUT2D eigenvalue weighted by Crippen LogP contribution is 2.18. The van der Waals surface area contributed by atoms with Crippen LogP contribution in [-0.4, -0.2) is 57.4 Å². The Morgan fingerprint density at radius 2 is 1.83 bits per heavy atom. The van der Waals surface area contributed by atoms with Gasteiger partial charge in [-0.25, -0.2) is 8.42 Å². The zero-order chi connectivity index (χ0) is 13.8. The van der Waals surface area contributed by atoms with Crippen LogP contribution in [0.5, 0.6) is 0 Å². The number of likely N-dealkylation sites (tertiary alicyclic amines) is 1. The van der Waals surface area contributed by atoms with Gasteiger partial charge in [-0.3, -0.25) is 9.59 Å². The number of carbonyl (C=O) groups excluding carboxylic acids is 2. The molecule has 6 nitrogen and oxygen atoms in total. The summed E-state index contributed by atoms with van der Waals surface area (Å²) in [5.41, 5.74) is 0. The summed E-state index contributed by atoms with van der Waals surface area (Å²) >= 11 is 0. The van der Waals surface area contributed by atoms with Crippen LogP contribution in [0.25, 0.3) is 0 Å². The molecule has 0 bridgehead atoms. The summed E-state index contributed by atoms with van der Waals surface area (Å²) in [6.45, 7) is 0.977. The van der Waals surface area contributed by atoms with Gasteiger partial charge in [0.15, 0.2) is 0 Å². The van der Waals surface area contributed by atoms with Crippen molar-refractivity contribution < 1.29 is 22.7 Å². The minimum atomic E-state index is -3.11. The van der Waals surface area contributed by atoms with Crippen LogP contribution in [0.1, 0.15) is 19.3 Å². The topological polar surface area (TPSA) is 80.8 Å². The maximum atomic E-state index is 11.7. The normalized spacial score (nSPS) is 17.6. The Labute approximate surface area is 107 Å². The monoisotopic (exact) mass is 277 g/mol. The fourth-order valence-corrected chi connectivity index (χ4v) is 2.51. The van der Waals surface area contributed by atoms with Crippen LogP contribution in [0.4, 0.5) is 0 Å². The molecule has 0 spiro atoms. The number of ether oxygens (including phenoxy) is 1. The Bertz CT molecular complexity index is 409. The third kappa shape index (κ3) is 4.64. The van der Waals surface area contributed by atoms with E-state index >= 15 is 0 Å². The summed E-state index contributed by atoms with van der Waals surface area (Å²) in [7, 11) is -1.75. The number of carbonyl (C=O) groups is 2. The highest BCUT2D eigenvalue weighted by Gasteiger charge is 2.27. The van der Waals surface area contributed by atoms with Crippen LogP contribution in [0, 0.1) is 5.92 Å². The van der Waals surface area contributed by atoms with E-state index in [1.807, 2.05) is 0 Å². The Hall–Kier alpha value is -1.11. The van der Waals surface area contributed by atoms with Gasteiger partial charge in [0.2, 0.25) is 5.91 Å². The maximum absolute atomic E-state index is 11.7. The Morgan fingerprint density at radius 1 is 1.28 bits per heavy atom. The predicted molar refractivity (Wildman–Crippen MR) is 65.6 cm³/mol. The van der Waals surface area contributed by atoms with Gasteiger partial charge in [0.1, 0.15) is 9.84 Å². The van der Waals surface area contributed by atoms with Crippen LogP contribution >= 0.6 is 0 Å². The number of rotatable bonds is 4. The minimum absolute atomic E-state index is 0.0156. The molecule has 1 amide bonds. The number of sulfone groups is 1. The number of esters is 1. The molecule has 1 heterocycles. The summed E-state index contributed by atoms with van der Waals surface area (Å²) in [5.74, 6) is -0.668. The minimum Gasteiger partial charge on any atom is -0.469 e. The van der Waals surface area contributed by atoms with E-state index in [-0.39, 0.29) is 30.0 Å². The van der Waals surface area contributed by atoms with Crippen molar-refractivity contribution in [2.24, 2.45) is 5.92 Å². The molecule has 0 aromatic rings. The highest BCUT2D eigenvalue weighted by molar-refractivity contribution is 7.90. The number of piperidine rings is 1. The van der Waals surface area contributed by atoms with Gasteiger partial charge >= 0.3 is 5.97 Å². The maximum Gasteiger partial charge on any atom is 0.308 e. The van der Waals surface area contributed by atoms with E-state index in [1.54, 1.807) is 4.90 Å². The number of hydrogen-bond donors (Lipinski definition) is 0. The van der Waals surface area contributed by atoms with Crippen molar-refractivity contribution in [3.63, 3.8) is 0 Å². The smallest absolute Gasteiger partial charge is 0.308 e. The molecular formula is C11H19NO5S. The average Bonchev–Trinajstić information content (AvgIpc) is 2.34. The molecule has 1 fully saturated rings. The number of nitrogens with zero attached hydrogens (tertiary/aromatic N) is 1. The molecular weight excluding hydrogens is 258 g/mol. The molecule has 7 heteroatoms. The lowest BCUT2D eigenvalue weighted by atomic mass is 9.97. The van der Waals surface area contributed by atoms with E-state index < -0.39 is 9.84 Å². The third-order valence-electron chi connectivity index (χ3n) is 3.07. The van der Waals surface area contributed by atoms with E-state index in [1.165, 1.54) is 7.11 Å². The predicted octanol–water partition coefficient (Wildman–Crippen LogP) is -0.167. The van der Waals surface area contributed by atoms with Crippen LogP contribution in [-0.2, 0) is 24.2 Å². The van der Waals surface area contributed by atoms with E-state index in [9.17, 15) is 18.0 Å². The largest absolute Gasteiger partial charge is 0.469 e. The fraction of sp³-hybridized carbons (Fsp3) is 0.818. The van der Waals surface area contributed by atoms with E-state index in [0.29, 0.717) is 25.9 Å². The van der Waals surface area contributed by atoms with Crippen molar-refractivity contribution in [1.82, 2.24) is 4.90 Å². The zero-order valence-electron chi connectivity index (χ0n) is 10.7. The first kappa shape index (κ1) is 14.9. The van der Waals surface area contributed by atoms with E-state index in [0.717, 1.165) is 6.26 Å². The summed E-state index contributed by atoms with van der Waals surface area (Å²) < 4.78 is 26.6. The third-order valence-corrected chi connectivity index (χ3v) is 4.01. The molecule has 1 saturated heterocycles. The molecule has 1 aliphatic rings. The fourth-order valence-electron chi connectivity index (χ4n) is 1.96. The van der Waals surface area contributed by atoms with Crippen LogP contribution in [0.3, 0.4) is 0 Å². The van der Waals surface area contributed by atoms with Gasteiger partial charge in [-0.05, 0) is 12.8 Å². The lowest BCUT2D eigenvalue weighted by Gasteiger charge is -2.30. The van der Waals surface area contributed by atoms with E-state index in [4.69, 9.17) is 0 Å². The second-order valence-electron chi connectivity index (χ2n) is 4.56. The van der Waals surface area contributed by atoms with Gasteiger partial charge < -0.3 is 9.64 Å². The van der Waals surface area contributed by atoms with Crippen molar-refractivity contribution in [3.8, 4) is 0 Å². The summed E-state index contributed by atoms with van der Waals surface area (Å²) in [6, 6.07) is 0. The van der Waals surface area contributed by atoms with Crippen molar-refractivity contribution in [3.05, 3.63) is 0 Å². The molecule has 0 aliphatic carbocycles. The van der Waals surface area contributed by atoms with Gasteiger partial charge in [0.25, 0.3) is 0 Å². The quantitative estimate of drug-likeness (QED) is 0.667. The lowest BCUT2D eigenvalue weighted by Crippen LogP contribution is -2.41. The lowest BCUT2D eigenvalue weighted by molar-refractivity contribution is -0.148. The van der Waals surface area contributed by atoms with Crippen LogP contribution in [0.15, 0.2) is 0 Å². The molecule has 0 N–H and O–H groups in total. The first-order valence-corrected chi connectivity index (χ1v) is 7.93. The average molecular weight is 277 g/mol. The molecule has 1 aliphatic heterocycles. The van der Waals surface area contributed by atoms with Gasteiger partial charge in [-0.1, -0.05) is 0 Å². The molecule has 0 aromatic heterocycles. The SMILES string of the molecule is COC(=O)C1CCN(C(=O)CCS(C)(=O)=O)CC1. The van der Waals surface area contributed by atoms with Gasteiger partial charge in [0, 0.05) is 25.8 Å². The first-order valence-electron chi connectivity index (χ1n) is 5.87. The number of hydrogen-bond acceptors (Lipinski definition) is 5. The Balaban J connectivity index is 2.38. The molecule has 0 radical (unpaired) electrons. The second-order valence-corrected chi connectivity index (χ2v) is 6.82. The van der Waals surface area contributed by atoms with Crippen molar-refractivity contribution in [2.75, 3.05) is 32.2 Å². The van der Waals surface area contributed by atoms with Crippen molar-refractivity contribution in [1.29, 1.82) is 0 Å². The van der Waals surface area contributed by atoms with Gasteiger partial charge in [-0.15, -0.1) is 0 Å². The first-order chi connectivity index (χ1) is 8.33. The molecule has 0 unspecified atom stereocenters. The Morgan fingerprint density at radius 3 is 2.28 bits per heavy atom. The number of amides is 1. The van der Waals surface area contributed by atoms with Crippen molar-refractivity contribution in [2.45, 2.75) is 19.3 Å². The summed E-state index contributed by atoms with van der Waals surface area (Å²) in [6.07, 6.45) is 2.29. The summed E-state index contributed by atoms with van der Waals surface area (Å²) in [5, 5.41) is 0. The van der Waals surface area contributed by atoms with Crippen molar-refractivity contribution >= 4 is 21.7 Å². The van der Waals surface area contributed by atoms with Gasteiger partial charge in [-0.2, -0.15) is 0 Å². The molecule has 18 heavy (non-hydrogen) atoms. The highest BCUT2D eigenvalue weighted by atomic mass is 32.2. The van der Waals surface area contributed by atoms with Gasteiger partial charge in [0.05, 0.1) is 18.8 Å². The molecule has 0 atom stereocenters. The summed E-state index contributed by atoms with van der Waals surface area (Å²) in [4.78, 5) is 24.6. The second kappa shape index (κ2) is 6.17. The molecule has 0 aromatic carbocycles. The standard InChI is InChI=1S/C11H19NO5S/c1-17-11(14)9-3-6-12(7-4-9)10(13)5-8-18(2,15)16/h9H,3-8H2,1-2H3. The Kier molecular flexibility index (Phi) is 5.13.